The molecule has 5 heteroatoms. The van der Waals surface area contributed by atoms with Gasteiger partial charge in [-0.15, -0.1) is 0 Å². The van der Waals surface area contributed by atoms with Crippen LogP contribution in [0, 0.1) is 6.92 Å². The third kappa shape index (κ3) is 2.56. The number of amides is 1. The van der Waals surface area contributed by atoms with E-state index in [9.17, 15) is 4.79 Å². The topological polar surface area (TPSA) is 45.2 Å². The minimum Gasteiger partial charge on any atom is -0.357 e. The highest BCUT2D eigenvalue weighted by atomic mass is 32.1. The lowest BCUT2D eigenvalue weighted by atomic mass is 10.1. The fraction of sp³-hybridized carbons (Fsp3) is 0.429. The Morgan fingerprint density at radius 2 is 2.32 bits per heavy atom. The van der Waals surface area contributed by atoms with Gasteiger partial charge in [-0.05, 0) is 31.0 Å². The first-order valence-corrected chi connectivity index (χ1v) is 7.31. The second-order valence-electron chi connectivity index (χ2n) is 5.14. The van der Waals surface area contributed by atoms with E-state index in [2.05, 4.69) is 35.4 Å². The normalized spacial score (nSPS) is 20.0. The highest BCUT2D eigenvalue weighted by Gasteiger charge is 2.23. The fourth-order valence-corrected chi connectivity index (χ4v) is 3.44. The Morgan fingerprint density at radius 1 is 1.47 bits per heavy atom. The standard InChI is InChI=1S/C14H17N3OS/c1-9-3-5-11-12(7-9)19-14(16-11)15-10-4-6-13(18)17(2)8-10/h3,5,7,10H,4,6,8H2,1-2H3,(H,15,16). The Hall–Kier alpha value is -1.62. The van der Waals surface area contributed by atoms with E-state index in [1.807, 2.05) is 7.05 Å². The van der Waals surface area contributed by atoms with Crippen LogP contribution in [0.2, 0.25) is 0 Å². The average Bonchev–Trinajstić information content (AvgIpc) is 2.75. The number of likely N-dealkylation sites (N-methyl/N-ethyl adjacent to an activating group) is 1. The second kappa shape index (κ2) is 4.81. The number of rotatable bonds is 2. The van der Waals surface area contributed by atoms with Gasteiger partial charge in [-0.2, -0.15) is 0 Å². The lowest BCUT2D eigenvalue weighted by Crippen LogP contribution is -2.43. The summed E-state index contributed by atoms with van der Waals surface area (Å²) in [5.74, 6) is 0.234. The van der Waals surface area contributed by atoms with Crippen LogP contribution in [0.1, 0.15) is 18.4 Å². The molecule has 0 spiro atoms. The molecule has 1 aromatic heterocycles. The van der Waals surface area contributed by atoms with Crippen molar-refractivity contribution in [2.75, 3.05) is 18.9 Å². The Balaban J connectivity index is 1.76. The predicted octanol–water partition coefficient (Wildman–Crippen LogP) is 2.64. The van der Waals surface area contributed by atoms with Gasteiger partial charge in [0.1, 0.15) is 0 Å². The third-order valence-electron chi connectivity index (χ3n) is 3.50. The molecule has 0 saturated carbocycles. The van der Waals surface area contributed by atoms with Gasteiger partial charge < -0.3 is 10.2 Å². The maximum absolute atomic E-state index is 11.5. The monoisotopic (exact) mass is 275 g/mol. The van der Waals surface area contributed by atoms with E-state index < -0.39 is 0 Å². The highest BCUT2D eigenvalue weighted by Crippen LogP contribution is 2.28. The molecule has 2 aromatic rings. The minimum absolute atomic E-state index is 0.234. The van der Waals surface area contributed by atoms with Gasteiger partial charge in [0.05, 0.1) is 10.2 Å². The summed E-state index contributed by atoms with van der Waals surface area (Å²) in [6, 6.07) is 6.61. The van der Waals surface area contributed by atoms with Crippen molar-refractivity contribution in [2.24, 2.45) is 0 Å². The molecule has 0 radical (unpaired) electrons. The molecule has 1 N–H and O–H groups in total. The summed E-state index contributed by atoms with van der Waals surface area (Å²) in [7, 11) is 1.86. The number of anilines is 1. The number of nitrogens with one attached hydrogen (secondary N) is 1. The van der Waals surface area contributed by atoms with Crippen molar-refractivity contribution in [2.45, 2.75) is 25.8 Å². The van der Waals surface area contributed by atoms with Crippen LogP contribution in [0.15, 0.2) is 18.2 Å². The van der Waals surface area contributed by atoms with Gasteiger partial charge in [-0.1, -0.05) is 17.4 Å². The van der Waals surface area contributed by atoms with Crippen LogP contribution in [-0.2, 0) is 4.79 Å². The quantitative estimate of drug-likeness (QED) is 0.916. The van der Waals surface area contributed by atoms with Crippen molar-refractivity contribution < 1.29 is 4.79 Å². The fourth-order valence-electron chi connectivity index (χ4n) is 2.40. The third-order valence-corrected chi connectivity index (χ3v) is 4.45. The predicted molar refractivity (Wildman–Crippen MR) is 78.6 cm³/mol. The zero-order chi connectivity index (χ0) is 13.4. The Kier molecular flexibility index (Phi) is 3.14. The van der Waals surface area contributed by atoms with Crippen LogP contribution < -0.4 is 5.32 Å². The molecule has 2 heterocycles. The van der Waals surface area contributed by atoms with E-state index in [1.54, 1.807) is 16.2 Å². The molecule has 1 aliphatic heterocycles. The number of nitrogens with zero attached hydrogens (tertiary/aromatic N) is 2. The van der Waals surface area contributed by atoms with E-state index in [-0.39, 0.29) is 5.91 Å². The Morgan fingerprint density at radius 3 is 3.11 bits per heavy atom. The molecular weight excluding hydrogens is 258 g/mol. The molecule has 1 unspecified atom stereocenters. The van der Waals surface area contributed by atoms with Gasteiger partial charge in [0, 0.05) is 26.1 Å². The number of carbonyl (C=O) groups is 1. The lowest BCUT2D eigenvalue weighted by molar-refractivity contribution is -0.132. The molecule has 1 aromatic carbocycles. The van der Waals surface area contributed by atoms with Crippen LogP contribution in [-0.4, -0.2) is 35.4 Å². The summed E-state index contributed by atoms with van der Waals surface area (Å²) in [6.45, 7) is 2.85. The van der Waals surface area contributed by atoms with E-state index in [4.69, 9.17) is 0 Å². The zero-order valence-corrected chi connectivity index (χ0v) is 12.0. The van der Waals surface area contributed by atoms with Gasteiger partial charge in [-0.3, -0.25) is 4.79 Å². The van der Waals surface area contributed by atoms with E-state index in [1.165, 1.54) is 10.3 Å². The number of aryl methyl sites for hydroxylation is 1. The van der Waals surface area contributed by atoms with Crippen molar-refractivity contribution in [3.8, 4) is 0 Å². The zero-order valence-electron chi connectivity index (χ0n) is 11.1. The van der Waals surface area contributed by atoms with Gasteiger partial charge in [0.15, 0.2) is 5.13 Å². The van der Waals surface area contributed by atoms with Gasteiger partial charge in [0.25, 0.3) is 0 Å². The maximum Gasteiger partial charge on any atom is 0.222 e. The summed E-state index contributed by atoms with van der Waals surface area (Å²) in [5.41, 5.74) is 2.30. The molecular formula is C14H17N3OS. The molecule has 1 amide bonds. The van der Waals surface area contributed by atoms with Crippen LogP contribution in [0.4, 0.5) is 5.13 Å². The number of hydrogen-bond acceptors (Lipinski definition) is 4. The molecule has 1 aliphatic rings. The molecule has 3 rings (SSSR count). The summed E-state index contributed by atoms with van der Waals surface area (Å²) in [6.07, 6.45) is 1.51. The average molecular weight is 275 g/mol. The summed E-state index contributed by atoms with van der Waals surface area (Å²) in [5, 5.41) is 4.41. The van der Waals surface area contributed by atoms with E-state index in [0.717, 1.165) is 23.6 Å². The van der Waals surface area contributed by atoms with Crippen molar-refractivity contribution in [1.82, 2.24) is 9.88 Å². The number of likely N-dealkylation sites (tertiary alicyclic amines) is 1. The summed E-state index contributed by atoms with van der Waals surface area (Å²) >= 11 is 1.68. The first-order chi connectivity index (χ1) is 9.11. The Labute approximate surface area is 116 Å². The largest absolute Gasteiger partial charge is 0.357 e. The maximum atomic E-state index is 11.5. The van der Waals surface area contributed by atoms with Crippen LogP contribution in [0.25, 0.3) is 10.2 Å². The Bertz CT molecular complexity index is 622. The minimum atomic E-state index is 0.234. The number of thiazole rings is 1. The number of piperidine rings is 1. The van der Waals surface area contributed by atoms with E-state index in [0.29, 0.717) is 12.5 Å². The first kappa shape index (κ1) is 12.4. The molecule has 19 heavy (non-hydrogen) atoms. The van der Waals surface area contributed by atoms with Gasteiger partial charge in [0.2, 0.25) is 5.91 Å². The molecule has 1 atom stereocenters. The number of fused-ring (bicyclic) bond motifs is 1. The van der Waals surface area contributed by atoms with E-state index >= 15 is 0 Å². The molecule has 0 aliphatic carbocycles. The number of carbonyl (C=O) groups excluding carboxylic acids is 1. The van der Waals surface area contributed by atoms with Crippen molar-refractivity contribution in [3.63, 3.8) is 0 Å². The van der Waals surface area contributed by atoms with Crippen molar-refractivity contribution in [3.05, 3.63) is 23.8 Å². The van der Waals surface area contributed by atoms with Crippen molar-refractivity contribution >= 4 is 32.6 Å². The molecule has 1 saturated heterocycles. The molecule has 1 fully saturated rings. The summed E-state index contributed by atoms with van der Waals surface area (Å²) in [4.78, 5) is 17.8. The molecule has 0 bridgehead atoms. The first-order valence-electron chi connectivity index (χ1n) is 6.49. The number of aromatic nitrogens is 1. The lowest BCUT2D eigenvalue weighted by Gasteiger charge is -2.29. The highest BCUT2D eigenvalue weighted by molar-refractivity contribution is 7.22. The molecule has 4 nitrogen and oxygen atoms in total. The van der Waals surface area contributed by atoms with Crippen LogP contribution in [0.3, 0.4) is 0 Å². The van der Waals surface area contributed by atoms with Gasteiger partial charge in [-0.25, -0.2) is 4.98 Å². The summed E-state index contributed by atoms with van der Waals surface area (Å²) < 4.78 is 1.21. The SMILES string of the molecule is Cc1ccc2nc(NC3CCC(=O)N(C)C3)sc2c1. The smallest absolute Gasteiger partial charge is 0.222 e. The van der Waals surface area contributed by atoms with Crippen molar-refractivity contribution in [1.29, 1.82) is 0 Å². The number of benzene rings is 1. The van der Waals surface area contributed by atoms with Crippen LogP contribution in [0.5, 0.6) is 0 Å². The van der Waals surface area contributed by atoms with Gasteiger partial charge >= 0.3 is 0 Å². The molecule has 100 valence electrons. The number of hydrogen-bond donors (Lipinski definition) is 1. The second-order valence-corrected chi connectivity index (χ2v) is 6.18. The van der Waals surface area contributed by atoms with Crippen LogP contribution >= 0.6 is 11.3 Å².